The molecule has 2 aromatic carbocycles. The van der Waals surface area contributed by atoms with Crippen LogP contribution in [0.4, 0.5) is 11.4 Å². The molecule has 0 saturated carbocycles. The Labute approximate surface area is 164 Å². The van der Waals surface area contributed by atoms with Crippen LogP contribution < -0.4 is 20.3 Å². The molecule has 2 amide bonds. The van der Waals surface area contributed by atoms with E-state index < -0.39 is 0 Å². The largest absolute Gasteiger partial charge is 0.492 e. The van der Waals surface area contributed by atoms with Gasteiger partial charge in [-0.2, -0.15) is 0 Å². The number of ether oxygens (including phenoxy) is 1. The maximum atomic E-state index is 12.3. The number of likely N-dealkylation sites (N-methyl/N-ethyl adjacent to an activating group) is 1. The van der Waals surface area contributed by atoms with Crippen LogP contribution in [0, 0.1) is 0 Å². The highest BCUT2D eigenvalue weighted by Crippen LogP contribution is 2.24. The number of hydrogen-bond acceptors (Lipinski definition) is 4. The highest BCUT2D eigenvalue weighted by molar-refractivity contribution is 7.98. The molecule has 2 aromatic rings. The topological polar surface area (TPSA) is 71.9 Å². The molecule has 144 valence electrons. The summed E-state index contributed by atoms with van der Waals surface area (Å²) >= 11 is 1.58. The van der Waals surface area contributed by atoms with E-state index in [9.17, 15) is 9.59 Å². The summed E-state index contributed by atoms with van der Waals surface area (Å²) in [6.07, 6.45) is 1.97. The molecule has 0 fully saturated rings. The van der Waals surface area contributed by atoms with Crippen molar-refractivity contribution in [1.29, 1.82) is 0 Å². The highest BCUT2D eigenvalue weighted by Gasteiger charge is 2.16. The number of benzene rings is 2. The van der Waals surface area contributed by atoms with Crippen molar-refractivity contribution in [1.82, 2.24) is 0 Å². The molecule has 0 heterocycles. The number of amides is 2. The van der Waals surface area contributed by atoms with Crippen molar-refractivity contribution in [2.24, 2.45) is 0 Å². The van der Waals surface area contributed by atoms with Crippen LogP contribution in [0.1, 0.15) is 6.92 Å². The fraction of sp³-hybridized carbons (Fsp3) is 0.300. The highest BCUT2D eigenvalue weighted by atomic mass is 32.2. The fourth-order valence-electron chi connectivity index (χ4n) is 2.60. The van der Waals surface area contributed by atoms with E-state index in [2.05, 4.69) is 10.6 Å². The van der Waals surface area contributed by atoms with E-state index in [1.807, 2.05) is 62.7 Å². The van der Waals surface area contributed by atoms with Gasteiger partial charge in [0.1, 0.15) is 5.75 Å². The minimum absolute atomic E-state index is 0.128. The van der Waals surface area contributed by atoms with Gasteiger partial charge in [-0.3, -0.25) is 9.59 Å². The minimum atomic E-state index is -0.169. The molecule has 0 aromatic heterocycles. The quantitative estimate of drug-likeness (QED) is 0.574. The first-order valence-electron chi connectivity index (χ1n) is 8.79. The molecule has 0 radical (unpaired) electrons. The lowest BCUT2D eigenvalue weighted by Gasteiger charge is -2.15. The van der Waals surface area contributed by atoms with Crippen LogP contribution in [0.3, 0.4) is 0 Å². The molecule has 2 rings (SSSR count). The van der Waals surface area contributed by atoms with Crippen LogP contribution in [0.15, 0.2) is 53.4 Å². The minimum Gasteiger partial charge on any atom is -0.492 e. The van der Waals surface area contributed by atoms with Crippen LogP contribution in [0.2, 0.25) is 0 Å². The maximum Gasteiger partial charge on any atom is 0.279 e. The number of hydrogen-bond donors (Lipinski definition) is 3. The number of rotatable bonds is 9. The van der Waals surface area contributed by atoms with Gasteiger partial charge >= 0.3 is 0 Å². The van der Waals surface area contributed by atoms with Crippen LogP contribution >= 0.6 is 11.8 Å². The summed E-state index contributed by atoms with van der Waals surface area (Å²) < 4.78 is 5.51. The van der Waals surface area contributed by atoms with E-state index in [1.54, 1.807) is 17.8 Å². The Hall–Kier alpha value is -2.51. The third kappa shape index (κ3) is 6.62. The van der Waals surface area contributed by atoms with Gasteiger partial charge in [0, 0.05) is 4.90 Å². The Morgan fingerprint density at radius 3 is 2.15 bits per heavy atom. The molecule has 1 unspecified atom stereocenters. The summed E-state index contributed by atoms with van der Waals surface area (Å²) in [5.74, 6) is 0.339. The van der Waals surface area contributed by atoms with Crippen LogP contribution in [0.25, 0.3) is 0 Å². The van der Waals surface area contributed by atoms with Crippen molar-refractivity contribution in [3.05, 3.63) is 48.5 Å². The van der Waals surface area contributed by atoms with E-state index >= 15 is 0 Å². The first-order valence-corrected chi connectivity index (χ1v) is 10.0. The number of nitrogens with one attached hydrogen (secondary N) is 3. The van der Waals surface area contributed by atoms with Gasteiger partial charge in [0.05, 0.1) is 25.0 Å². The lowest BCUT2D eigenvalue weighted by Crippen LogP contribution is -3.11. The second kappa shape index (κ2) is 10.6. The van der Waals surface area contributed by atoms with Crippen molar-refractivity contribution in [2.45, 2.75) is 11.8 Å². The third-order valence-corrected chi connectivity index (χ3v) is 4.56. The molecule has 0 aliphatic rings. The SMILES string of the molecule is CCOc1ccccc1NC(=O)C[NH+](C)CC(=O)Nc1ccccc1SC. The van der Waals surface area contributed by atoms with E-state index in [1.165, 1.54) is 0 Å². The summed E-state index contributed by atoms with van der Waals surface area (Å²) in [4.78, 5) is 26.4. The third-order valence-electron chi connectivity index (χ3n) is 3.77. The molecule has 3 N–H and O–H groups in total. The van der Waals surface area contributed by atoms with Gasteiger partial charge in [-0.15, -0.1) is 11.8 Å². The van der Waals surface area contributed by atoms with Gasteiger partial charge in [-0.1, -0.05) is 24.3 Å². The Morgan fingerprint density at radius 1 is 0.963 bits per heavy atom. The number of thioether (sulfide) groups is 1. The molecule has 7 heteroatoms. The molecular formula is C20H26N3O3S+. The summed E-state index contributed by atoms with van der Waals surface area (Å²) in [6.45, 7) is 2.79. The van der Waals surface area contributed by atoms with Crippen LogP contribution in [-0.4, -0.2) is 44.8 Å². The van der Waals surface area contributed by atoms with Crippen molar-refractivity contribution >= 4 is 35.0 Å². The van der Waals surface area contributed by atoms with Gasteiger partial charge in [0.2, 0.25) is 0 Å². The molecule has 0 aliphatic carbocycles. The predicted molar refractivity (Wildman–Crippen MR) is 110 cm³/mol. The zero-order valence-electron chi connectivity index (χ0n) is 15.9. The molecule has 0 bridgehead atoms. The lowest BCUT2D eigenvalue weighted by molar-refractivity contribution is -0.862. The Bertz CT molecular complexity index is 783. The standard InChI is InChI=1S/C20H25N3O3S/c1-4-26-17-11-7-5-9-15(17)21-19(24)13-23(2)14-20(25)22-16-10-6-8-12-18(16)27-3/h5-12H,4,13-14H2,1-3H3,(H,21,24)(H,22,25)/p+1. The molecule has 27 heavy (non-hydrogen) atoms. The van der Waals surface area contributed by atoms with Gasteiger partial charge in [0.15, 0.2) is 13.1 Å². The number of para-hydroxylation sites is 3. The normalized spacial score (nSPS) is 11.5. The zero-order valence-corrected chi connectivity index (χ0v) is 16.7. The van der Waals surface area contributed by atoms with Crippen LogP contribution in [0.5, 0.6) is 5.75 Å². The molecule has 1 atom stereocenters. The fourth-order valence-corrected chi connectivity index (χ4v) is 3.15. The summed E-state index contributed by atoms with van der Waals surface area (Å²) in [5.41, 5.74) is 1.42. The molecule has 0 saturated heterocycles. The van der Waals surface area contributed by atoms with Gasteiger partial charge < -0.3 is 20.3 Å². The van der Waals surface area contributed by atoms with Crippen LogP contribution in [-0.2, 0) is 9.59 Å². The summed E-state index contributed by atoms with van der Waals surface area (Å²) in [5, 5.41) is 5.76. The van der Waals surface area contributed by atoms with E-state index in [0.29, 0.717) is 18.0 Å². The van der Waals surface area contributed by atoms with E-state index in [0.717, 1.165) is 15.5 Å². The lowest BCUT2D eigenvalue weighted by atomic mass is 10.3. The number of quaternary nitrogens is 1. The number of anilines is 2. The summed E-state index contributed by atoms with van der Waals surface area (Å²) in [6, 6.07) is 15.0. The Balaban J connectivity index is 1.87. The zero-order chi connectivity index (χ0) is 19.6. The smallest absolute Gasteiger partial charge is 0.279 e. The van der Waals surface area contributed by atoms with Crippen molar-refractivity contribution in [3.8, 4) is 5.75 Å². The van der Waals surface area contributed by atoms with Crippen molar-refractivity contribution in [3.63, 3.8) is 0 Å². The van der Waals surface area contributed by atoms with Gasteiger partial charge in [0.25, 0.3) is 11.8 Å². The second-order valence-corrected chi connectivity index (χ2v) is 6.88. The average Bonchev–Trinajstić information content (AvgIpc) is 2.63. The predicted octanol–water partition coefficient (Wildman–Crippen LogP) is 1.90. The maximum absolute atomic E-state index is 12.3. The first-order chi connectivity index (χ1) is 13.0. The van der Waals surface area contributed by atoms with Gasteiger partial charge in [-0.25, -0.2) is 0 Å². The van der Waals surface area contributed by atoms with Gasteiger partial charge in [-0.05, 0) is 37.4 Å². The summed E-state index contributed by atoms with van der Waals surface area (Å²) in [7, 11) is 1.81. The first kappa shape index (κ1) is 20.8. The van der Waals surface area contributed by atoms with E-state index in [4.69, 9.17) is 4.74 Å². The Kier molecular flexibility index (Phi) is 8.16. The number of carbonyl (C=O) groups excluding carboxylic acids is 2. The number of carbonyl (C=O) groups is 2. The van der Waals surface area contributed by atoms with Crippen molar-refractivity contribution < 1.29 is 19.2 Å². The molecular weight excluding hydrogens is 362 g/mol. The van der Waals surface area contributed by atoms with Crippen molar-refractivity contribution in [2.75, 3.05) is 43.6 Å². The average molecular weight is 389 g/mol. The Morgan fingerprint density at radius 2 is 1.52 bits per heavy atom. The van der Waals surface area contributed by atoms with E-state index in [-0.39, 0.29) is 24.9 Å². The molecule has 6 nitrogen and oxygen atoms in total. The second-order valence-electron chi connectivity index (χ2n) is 6.04. The molecule has 0 spiro atoms. The monoisotopic (exact) mass is 388 g/mol. The molecule has 0 aliphatic heterocycles.